The molecule has 8 atom stereocenters. The van der Waals surface area contributed by atoms with Crippen LogP contribution in [0.25, 0.3) is 0 Å². The quantitative estimate of drug-likeness (QED) is 0.438. The second-order valence-electron chi connectivity index (χ2n) is 6.12. The molecule has 0 N–H and O–H groups in total. The van der Waals surface area contributed by atoms with Crippen LogP contribution in [0.4, 0.5) is 0 Å². The summed E-state index contributed by atoms with van der Waals surface area (Å²) < 4.78 is 5.80. The van der Waals surface area contributed by atoms with Crippen molar-refractivity contribution in [3.63, 3.8) is 0 Å². The number of rotatable bonds is 0. The van der Waals surface area contributed by atoms with Crippen LogP contribution in [0.2, 0.25) is 0 Å². The molecule has 8 unspecified atom stereocenters. The maximum Gasteiger partial charge on any atom is 0.0875 e. The van der Waals surface area contributed by atoms with E-state index in [1.54, 1.807) is 25.7 Å². The highest BCUT2D eigenvalue weighted by Gasteiger charge is 2.71. The largest absolute Gasteiger partial charge is 0.369 e. The zero-order valence-corrected chi connectivity index (χ0v) is 9.86. The molecule has 5 rings (SSSR count). The SMILES string of the molecule is C1CC2CC1C1C3CC(C4OC34)C21.CC. The Morgan fingerprint density at radius 1 is 0.800 bits per heavy atom. The molecule has 1 saturated heterocycles. The summed E-state index contributed by atoms with van der Waals surface area (Å²) in [5.41, 5.74) is 0. The fourth-order valence-electron chi connectivity index (χ4n) is 5.81. The van der Waals surface area contributed by atoms with E-state index in [1.165, 1.54) is 0 Å². The van der Waals surface area contributed by atoms with Gasteiger partial charge in [0.15, 0.2) is 0 Å². The van der Waals surface area contributed by atoms with Crippen LogP contribution in [0.1, 0.15) is 39.5 Å². The van der Waals surface area contributed by atoms with E-state index < -0.39 is 0 Å². The number of hydrogen-bond donors (Lipinski definition) is 0. The molecular formula is C14H22O. The van der Waals surface area contributed by atoms with E-state index in [0.29, 0.717) is 0 Å². The number of ether oxygens (including phenoxy) is 1. The summed E-state index contributed by atoms with van der Waals surface area (Å²) in [4.78, 5) is 0. The average Bonchev–Trinajstić information content (AvgIpc) is 2.74. The first-order chi connectivity index (χ1) is 7.43. The van der Waals surface area contributed by atoms with Gasteiger partial charge < -0.3 is 4.74 Å². The minimum Gasteiger partial charge on any atom is -0.369 e. The van der Waals surface area contributed by atoms with Crippen LogP contribution in [0.15, 0.2) is 0 Å². The van der Waals surface area contributed by atoms with E-state index in [4.69, 9.17) is 4.74 Å². The number of epoxide rings is 1. The lowest BCUT2D eigenvalue weighted by Gasteiger charge is -2.32. The van der Waals surface area contributed by atoms with Crippen LogP contribution in [-0.2, 0) is 4.74 Å². The zero-order chi connectivity index (χ0) is 10.2. The normalized spacial score (nSPS) is 66.0. The highest BCUT2D eigenvalue weighted by Crippen LogP contribution is 2.71. The fourth-order valence-corrected chi connectivity index (χ4v) is 5.81. The van der Waals surface area contributed by atoms with Crippen molar-refractivity contribution < 1.29 is 4.74 Å². The number of hydrogen-bond acceptors (Lipinski definition) is 1. The molecule has 0 aromatic heterocycles. The fraction of sp³-hybridized carbons (Fsp3) is 1.00. The monoisotopic (exact) mass is 206 g/mol. The van der Waals surface area contributed by atoms with E-state index in [0.717, 1.165) is 47.7 Å². The Bertz CT molecular complexity index is 261. The molecule has 0 amide bonds. The second-order valence-corrected chi connectivity index (χ2v) is 6.12. The van der Waals surface area contributed by atoms with E-state index >= 15 is 0 Å². The highest BCUT2D eigenvalue weighted by atomic mass is 16.6. The van der Waals surface area contributed by atoms with Crippen LogP contribution >= 0.6 is 0 Å². The van der Waals surface area contributed by atoms with Gasteiger partial charge in [-0.3, -0.25) is 0 Å². The van der Waals surface area contributed by atoms with Crippen molar-refractivity contribution in [2.24, 2.45) is 35.5 Å². The van der Waals surface area contributed by atoms with Gasteiger partial charge in [-0.2, -0.15) is 0 Å². The first-order valence-corrected chi connectivity index (χ1v) is 7.09. The van der Waals surface area contributed by atoms with Gasteiger partial charge in [0.25, 0.3) is 0 Å². The zero-order valence-electron chi connectivity index (χ0n) is 9.86. The summed E-state index contributed by atoms with van der Waals surface area (Å²) in [6, 6.07) is 0. The Hall–Kier alpha value is -0.0400. The molecule has 5 fully saturated rings. The van der Waals surface area contributed by atoms with Gasteiger partial charge in [0, 0.05) is 0 Å². The third-order valence-electron chi connectivity index (χ3n) is 5.99. The molecule has 15 heavy (non-hydrogen) atoms. The average molecular weight is 206 g/mol. The van der Waals surface area contributed by atoms with Gasteiger partial charge in [0.2, 0.25) is 0 Å². The van der Waals surface area contributed by atoms with Gasteiger partial charge in [-0.1, -0.05) is 13.8 Å². The van der Waals surface area contributed by atoms with Crippen LogP contribution in [0, 0.1) is 35.5 Å². The molecule has 5 aliphatic rings. The van der Waals surface area contributed by atoms with E-state index in [-0.39, 0.29) is 0 Å². The third-order valence-corrected chi connectivity index (χ3v) is 5.99. The minimum atomic E-state index is 0.755. The Labute approximate surface area is 92.6 Å². The van der Waals surface area contributed by atoms with Crippen molar-refractivity contribution in [2.75, 3.05) is 0 Å². The summed E-state index contributed by atoms with van der Waals surface area (Å²) in [6.45, 7) is 4.00. The van der Waals surface area contributed by atoms with Crippen LogP contribution in [0.3, 0.4) is 0 Å². The predicted octanol–water partition coefficient (Wildman–Crippen LogP) is 3.09. The molecule has 1 heteroatoms. The summed E-state index contributed by atoms with van der Waals surface area (Å²) >= 11 is 0. The van der Waals surface area contributed by atoms with E-state index in [9.17, 15) is 0 Å². The summed E-state index contributed by atoms with van der Waals surface area (Å²) in [6.07, 6.45) is 7.79. The molecule has 4 aliphatic carbocycles. The molecule has 1 heterocycles. The Morgan fingerprint density at radius 3 is 1.87 bits per heavy atom. The van der Waals surface area contributed by atoms with Crippen molar-refractivity contribution >= 4 is 0 Å². The summed E-state index contributed by atoms with van der Waals surface area (Å²) in [5, 5.41) is 0. The molecule has 0 aromatic rings. The van der Waals surface area contributed by atoms with Gasteiger partial charge in [0.1, 0.15) is 0 Å². The Morgan fingerprint density at radius 2 is 1.33 bits per heavy atom. The van der Waals surface area contributed by atoms with Crippen molar-refractivity contribution in [2.45, 2.75) is 51.7 Å². The molecule has 4 bridgehead atoms. The molecule has 4 saturated carbocycles. The van der Waals surface area contributed by atoms with Crippen molar-refractivity contribution in [1.82, 2.24) is 0 Å². The highest BCUT2D eigenvalue weighted by molar-refractivity contribution is 5.19. The van der Waals surface area contributed by atoms with Gasteiger partial charge >= 0.3 is 0 Å². The molecular weight excluding hydrogens is 184 g/mol. The first-order valence-electron chi connectivity index (χ1n) is 7.09. The van der Waals surface area contributed by atoms with Gasteiger partial charge in [0.05, 0.1) is 12.2 Å². The maximum absolute atomic E-state index is 5.80. The first kappa shape index (κ1) is 9.04. The molecule has 0 spiro atoms. The summed E-state index contributed by atoms with van der Waals surface area (Å²) in [7, 11) is 0. The Kier molecular flexibility index (Phi) is 1.68. The molecule has 84 valence electrons. The van der Waals surface area contributed by atoms with Gasteiger partial charge in [-0.15, -0.1) is 0 Å². The van der Waals surface area contributed by atoms with Crippen LogP contribution < -0.4 is 0 Å². The topological polar surface area (TPSA) is 12.5 Å². The number of fused-ring (bicyclic) bond motifs is 12. The lowest BCUT2D eigenvalue weighted by molar-refractivity contribution is 0.165. The predicted molar refractivity (Wildman–Crippen MR) is 59.4 cm³/mol. The van der Waals surface area contributed by atoms with Crippen molar-refractivity contribution in [3.8, 4) is 0 Å². The molecule has 0 aromatic carbocycles. The molecule has 1 aliphatic heterocycles. The second kappa shape index (κ2) is 2.80. The standard InChI is InChI=1S/C12H16O.C2H6/c1-2-6-3-5(1)9-7-4-8(10(6)9)12-11(7)13-12;1-2/h5-12H,1-4H2;1-2H3. The van der Waals surface area contributed by atoms with E-state index in [1.807, 2.05) is 13.8 Å². The molecule has 1 nitrogen and oxygen atoms in total. The third kappa shape index (κ3) is 0.906. The lowest BCUT2D eigenvalue weighted by atomic mass is 9.71. The lowest BCUT2D eigenvalue weighted by Crippen LogP contribution is -2.32. The van der Waals surface area contributed by atoms with Gasteiger partial charge in [-0.05, 0) is 61.2 Å². The van der Waals surface area contributed by atoms with Crippen molar-refractivity contribution in [1.29, 1.82) is 0 Å². The Balaban J connectivity index is 0.000000309. The smallest absolute Gasteiger partial charge is 0.0875 e. The van der Waals surface area contributed by atoms with E-state index in [2.05, 4.69) is 0 Å². The van der Waals surface area contributed by atoms with Crippen LogP contribution in [0.5, 0.6) is 0 Å². The van der Waals surface area contributed by atoms with Crippen LogP contribution in [-0.4, -0.2) is 12.2 Å². The minimum absolute atomic E-state index is 0.755. The maximum atomic E-state index is 5.80. The summed E-state index contributed by atoms with van der Waals surface area (Å²) in [5.74, 6) is 6.58. The molecule has 0 radical (unpaired) electrons. The van der Waals surface area contributed by atoms with Gasteiger partial charge in [-0.25, -0.2) is 0 Å². The van der Waals surface area contributed by atoms with Crippen molar-refractivity contribution in [3.05, 3.63) is 0 Å².